The maximum absolute atomic E-state index is 13.2. The van der Waals surface area contributed by atoms with Crippen LogP contribution in [-0.4, -0.2) is 23.9 Å². The first-order chi connectivity index (χ1) is 14.9. The molecule has 31 heavy (non-hydrogen) atoms. The van der Waals surface area contributed by atoms with E-state index >= 15 is 0 Å². The second kappa shape index (κ2) is 8.28. The molecule has 1 saturated heterocycles. The van der Waals surface area contributed by atoms with E-state index in [1.54, 1.807) is 24.3 Å². The minimum atomic E-state index is -0.774. The van der Waals surface area contributed by atoms with Gasteiger partial charge in [0.2, 0.25) is 0 Å². The maximum Gasteiger partial charge on any atom is 0.300 e. The average Bonchev–Trinajstić information content (AvgIpc) is 3.05. The Bertz CT molecular complexity index is 1200. The molecule has 0 radical (unpaired) electrons. The molecule has 0 aliphatic carbocycles. The normalized spacial score (nSPS) is 17.8. The molecule has 5 nitrogen and oxygen atoms in total. The van der Waals surface area contributed by atoms with Gasteiger partial charge in [0, 0.05) is 11.3 Å². The number of benzene rings is 3. The third-order valence-electron chi connectivity index (χ3n) is 5.36. The van der Waals surface area contributed by atoms with Crippen molar-refractivity contribution in [2.75, 3.05) is 12.0 Å². The van der Waals surface area contributed by atoms with Gasteiger partial charge in [-0.2, -0.15) is 0 Å². The van der Waals surface area contributed by atoms with Gasteiger partial charge in [0.15, 0.2) is 0 Å². The zero-order valence-corrected chi connectivity index (χ0v) is 17.8. The molecule has 0 bridgehead atoms. The number of halogens is 1. The summed E-state index contributed by atoms with van der Waals surface area (Å²) in [6.07, 6.45) is 0. The first kappa shape index (κ1) is 20.7. The number of aryl methyl sites for hydroxylation is 1. The number of rotatable bonds is 4. The first-order valence-electron chi connectivity index (χ1n) is 9.69. The second-order valence-corrected chi connectivity index (χ2v) is 7.62. The molecule has 1 heterocycles. The minimum Gasteiger partial charge on any atom is -0.507 e. The molecule has 1 unspecified atom stereocenters. The number of hydrogen-bond donors (Lipinski definition) is 1. The van der Waals surface area contributed by atoms with Gasteiger partial charge in [-0.15, -0.1) is 0 Å². The van der Waals surface area contributed by atoms with Crippen LogP contribution in [0.25, 0.3) is 5.76 Å². The van der Waals surface area contributed by atoms with Crippen LogP contribution in [0, 0.1) is 6.92 Å². The van der Waals surface area contributed by atoms with E-state index in [1.165, 1.54) is 12.0 Å². The lowest BCUT2D eigenvalue weighted by molar-refractivity contribution is -0.132. The summed E-state index contributed by atoms with van der Waals surface area (Å²) in [7, 11) is 1.46. The topological polar surface area (TPSA) is 66.8 Å². The van der Waals surface area contributed by atoms with Crippen molar-refractivity contribution in [1.82, 2.24) is 0 Å². The van der Waals surface area contributed by atoms with Crippen LogP contribution in [0.4, 0.5) is 5.69 Å². The van der Waals surface area contributed by atoms with E-state index in [-0.39, 0.29) is 11.3 Å². The molecule has 3 aromatic rings. The molecule has 1 aliphatic heterocycles. The highest BCUT2D eigenvalue weighted by molar-refractivity contribution is 6.51. The van der Waals surface area contributed by atoms with E-state index < -0.39 is 17.7 Å². The fourth-order valence-corrected chi connectivity index (χ4v) is 4.02. The summed E-state index contributed by atoms with van der Waals surface area (Å²) in [5, 5.41) is 11.5. The number of methoxy groups -OCH3 is 1. The minimum absolute atomic E-state index is 0.0174. The fraction of sp³-hybridized carbons (Fsp3) is 0.120. The molecule has 1 amide bonds. The predicted octanol–water partition coefficient (Wildman–Crippen LogP) is 5.28. The van der Waals surface area contributed by atoms with Crippen molar-refractivity contribution in [3.63, 3.8) is 0 Å². The number of para-hydroxylation sites is 1. The van der Waals surface area contributed by atoms with Gasteiger partial charge >= 0.3 is 0 Å². The summed E-state index contributed by atoms with van der Waals surface area (Å²) in [5.41, 5.74) is 2.53. The molecule has 3 aromatic carbocycles. The van der Waals surface area contributed by atoms with Gasteiger partial charge in [-0.05, 0) is 42.3 Å². The van der Waals surface area contributed by atoms with Crippen LogP contribution in [-0.2, 0) is 9.59 Å². The quantitative estimate of drug-likeness (QED) is 0.345. The number of amides is 1. The number of carbonyl (C=O) groups is 2. The van der Waals surface area contributed by atoms with E-state index in [4.69, 9.17) is 16.3 Å². The molecule has 1 N–H and O–H groups in total. The van der Waals surface area contributed by atoms with E-state index in [9.17, 15) is 14.7 Å². The number of ether oxygens (including phenoxy) is 1. The van der Waals surface area contributed by atoms with Gasteiger partial charge in [0.25, 0.3) is 11.7 Å². The third kappa shape index (κ3) is 3.57. The van der Waals surface area contributed by atoms with Crippen molar-refractivity contribution in [1.29, 1.82) is 0 Å². The predicted molar refractivity (Wildman–Crippen MR) is 120 cm³/mol. The smallest absolute Gasteiger partial charge is 0.300 e. The molecule has 1 fully saturated rings. The molecule has 0 saturated carbocycles. The number of anilines is 1. The van der Waals surface area contributed by atoms with Crippen molar-refractivity contribution in [3.05, 3.63) is 100 Å². The van der Waals surface area contributed by atoms with E-state index in [1.807, 2.05) is 55.5 Å². The van der Waals surface area contributed by atoms with E-state index in [0.717, 1.165) is 5.56 Å². The number of nitrogens with zero attached hydrogens (tertiary/aromatic N) is 1. The fourth-order valence-electron chi connectivity index (χ4n) is 3.83. The van der Waals surface area contributed by atoms with Crippen LogP contribution in [0.3, 0.4) is 0 Å². The van der Waals surface area contributed by atoms with Crippen molar-refractivity contribution >= 4 is 34.7 Å². The Kier molecular flexibility index (Phi) is 5.53. The molecule has 1 atom stereocenters. The van der Waals surface area contributed by atoms with Gasteiger partial charge in [0.05, 0.1) is 23.7 Å². The molecule has 0 aromatic heterocycles. The van der Waals surface area contributed by atoms with Crippen LogP contribution in [0.5, 0.6) is 5.75 Å². The lowest BCUT2D eigenvalue weighted by Gasteiger charge is -2.26. The largest absolute Gasteiger partial charge is 0.507 e. The summed E-state index contributed by atoms with van der Waals surface area (Å²) in [6, 6.07) is 20.5. The van der Waals surface area contributed by atoms with E-state index in [2.05, 4.69) is 0 Å². The average molecular weight is 434 g/mol. The van der Waals surface area contributed by atoms with Gasteiger partial charge < -0.3 is 9.84 Å². The lowest BCUT2D eigenvalue weighted by atomic mass is 9.95. The van der Waals surface area contributed by atoms with Crippen molar-refractivity contribution in [3.8, 4) is 5.75 Å². The SMILES string of the molecule is COc1cc(/C(O)=C2/C(=O)C(=O)N(c3ccccc3C)C2c2ccccc2)ccc1Cl. The standard InChI is InChI=1S/C25H20ClNO4/c1-15-8-6-7-11-19(15)27-22(16-9-4-3-5-10-16)21(24(29)25(27)30)23(28)17-12-13-18(26)20(14-17)31-2/h3-14,22,28H,1-2H3/b23-21-. The number of aliphatic hydroxyl groups excluding tert-OH is 1. The van der Waals surface area contributed by atoms with Gasteiger partial charge in [-0.3, -0.25) is 14.5 Å². The lowest BCUT2D eigenvalue weighted by Crippen LogP contribution is -2.30. The van der Waals surface area contributed by atoms with Crippen LogP contribution in [0.1, 0.15) is 22.7 Å². The Hall–Kier alpha value is -3.57. The monoisotopic (exact) mass is 433 g/mol. The van der Waals surface area contributed by atoms with Gasteiger partial charge in [-0.1, -0.05) is 60.1 Å². The Labute approximate surface area is 185 Å². The number of Topliss-reactive ketones (excluding diaryl/α,β-unsaturated/α-hetero) is 1. The number of carbonyl (C=O) groups excluding carboxylic acids is 2. The summed E-state index contributed by atoms with van der Waals surface area (Å²) in [5.74, 6) is -1.36. The Balaban J connectivity index is 1.96. The highest BCUT2D eigenvalue weighted by atomic mass is 35.5. The van der Waals surface area contributed by atoms with Crippen LogP contribution < -0.4 is 9.64 Å². The Morgan fingerprint density at radius 1 is 1.00 bits per heavy atom. The zero-order valence-electron chi connectivity index (χ0n) is 17.0. The van der Waals surface area contributed by atoms with Crippen LogP contribution >= 0.6 is 11.6 Å². The number of hydrogen-bond acceptors (Lipinski definition) is 4. The Morgan fingerprint density at radius 2 is 1.68 bits per heavy atom. The maximum atomic E-state index is 13.2. The summed E-state index contributed by atoms with van der Waals surface area (Å²) in [6.45, 7) is 1.88. The number of aliphatic hydroxyl groups is 1. The molecule has 6 heteroatoms. The highest BCUT2D eigenvalue weighted by Gasteiger charge is 2.47. The summed E-state index contributed by atoms with van der Waals surface area (Å²) in [4.78, 5) is 27.8. The zero-order chi connectivity index (χ0) is 22.1. The molecule has 0 spiro atoms. The molecule has 4 rings (SSSR count). The summed E-state index contributed by atoms with van der Waals surface area (Å²) >= 11 is 6.11. The highest BCUT2D eigenvalue weighted by Crippen LogP contribution is 2.43. The molecular formula is C25H20ClNO4. The molecule has 1 aliphatic rings. The number of ketones is 1. The van der Waals surface area contributed by atoms with Crippen molar-refractivity contribution in [2.24, 2.45) is 0 Å². The Morgan fingerprint density at radius 3 is 2.35 bits per heavy atom. The van der Waals surface area contributed by atoms with Gasteiger partial charge in [-0.25, -0.2) is 0 Å². The van der Waals surface area contributed by atoms with Crippen molar-refractivity contribution < 1.29 is 19.4 Å². The third-order valence-corrected chi connectivity index (χ3v) is 5.67. The first-order valence-corrected chi connectivity index (χ1v) is 10.1. The van der Waals surface area contributed by atoms with E-state index in [0.29, 0.717) is 27.6 Å². The van der Waals surface area contributed by atoms with Crippen molar-refractivity contribution in [2.45, 2.75) is 13.0 Å². The van der Waals surface area contributed by atoms with Crippen LogP contribution in [0.2, 0.25) is 5.02 Å². The summed E-state index contributed by atoms with van der Waals surface area (Å²) < 4.78 is 5.24. The second-order valence-electron chi connectivity index (χ2n) is 7.22. The molecule has 156 valence electrons. The molecular weight excluding hydrogens is 414 g/mol. The van der Waals surface area contributed by atoms with Crippen LogP contribution in [0.15, 0.2) is 78.4 Å². The van der Waals surface area contributed by atoms with Gasteiger partial charge in [0.1, 0.15) is 11.5 Å².